The van der Waals surface area contributed by atoms with Gasteiger partial charge in [-0.25, -0.2) is 0 Å². The van der Waals surface area contributed by atoms with Crippen molar-refractivity contribution in [3.8, 4) is 44.9 Å². The number of hydrogen-bond donors (Lipinski definition) is 2. The molecule has 37 heavy (non-hydrogen) atoms. The fourth-order valence-electron chi connectivity index (χ4n) is 5.75. The van der Waals surface area contributed by atoms with Crippen molar-refractivity contribution in [3.05, 3.63) is 141 Å². The maximum Gasteiger partial charge on any atom is 0.115 e. The molecule has 4 heteroatoms. The van der Waals surface area contributed by atoms with E-state index in [1.807, 2.05) is 24.3 Å². The third-order valence-electron chi connectivity index (χ3n) is 7.45. The summed E-state index contributed by atoms with van der Waals surface area (Å²) in [6.45, 7) is 0. The van der Waals surface area contributed by atoms with Gasteiger partial charge in [-0.05, 0) is 126 Å². The van der Waals surface area contributed by atoms with E-state index in [0.717, 1.165) is 11.1 Å². The van der Waals surface area contributed by atoms with Crippen molar-refractivity contribution in [1.29, 1.82) is 0 Å². The topological polar surface area (TPSA) is 40.5 Å². The summed E-state index contributed by atoms with van der Waals surface area (Å²) < 4.78 is 0. The Morgan fingerprint density at radius 3 is 1.27 bits per heavy atom. The van der Waals surface area contributed by atoms with Crippen molar-refractivity contribution >= 4 is 22.7 Å². The van der Waals surface area contributed by atoms with E-state index in [2.05, 4.69) is 70.1 Å². The summed E-state index contributed by atoms with van der Waals surface area (Å²) in [4.78, 5) is 0. The predicted octanol–water partition coefficient (Wildman–Crippen LogP) is 8.92. The van der Waals surface area contributed by atoms with Crippen LogP contribution in [-0.4, -0.2) is 10.2 Å². The van der Waals surface area contributed by atoms with Gasteiger partial charge < -0.3 is 10.2 Å². The van der Waals surface area contributed by atoms with E-state index in [1.165, 1.54) is 44.5 Å². The second-order valence-corrected chi connectivity index (χ2v) is 10.9. The van der Waals surface area contributed by atoms with Gasteiger partial charge in [0.25, 0.3) is 0 Å². The van der Waals surface area contributed by atoms with Crippen LogP contribution in [-0.2, 0) is 5.41 Å². The molecule has 0 spiro atoms. The lowest BCUT2D eigenvalue weighted by Gasteiger charge is -2.34. The van der Waals surface area contributed by atoms with E-state index >= 15 is 0 Å². The zero-order chi connectivity index (χ0) is 25.0. The number of phenolic OH excluding ortho intramolecular Hbond substituents is 2. The molecule has 0 fully saturated rings. The summed E-state index contributed by atoms with van der Waals surface area (Å²) in [6, 6.07) is 33.0. The Morgan fingerprint density at radius 2 is 0.892 bits per heavy atom. The molecule has 2 N–H and O–H groups in total. The minimum Gasteiger partial charge on any atom is -0.508 e. The molecule has 0 aliphatic heterocycles. The van der Waals surface area contributed by atoms with E-state index in [9.17, 15) is 10.2 Å². The largest absolute Gasteiger partial charge is 0.508 e. The van der Waals surface area contributed by atoms with Crippen LogP contribution < -0.4 is 0 Å². The van der Waals surface area contributed by atoms with Crippen LogP contribution in [0.3, 0.4) is 0 Å². The third kappa shape index (κ3) is 3.37. The van der Waals surface area contributed by atoms with Crippen LogP contribution in [0.15, 0.2) is 119 Å². The predicted molar refractivity (Wildman–Crippen MR) is 154 cm³/mol. The molecular weight excluding hydrogens is 492 g/mol. The van der Waals surface area contributed by atoms with E-state index in [1.54, 1.807) is 46.9 Å². The zero-order valence-electron chi connectivity index (χ0n) is 19.8. The van der Waals surface area contributed by atoms with Crippen LogP contribution in [0.25, 0.3) is 33.4 Å². The van der Waals surface area contributed by atoms with Crippen LogP contribution in [0.4, 0.5) is 0 Å². The first-order valence-electron chi connectivity index (χ1n) is 12.1. The Hall–Kier alpha value is -4.12. The summed E-state index contributed by atoms with van der Waals surface area (Å²) in [5.41, 5.74) is 11.1. The van der Waals surface area contributed by atoms with Crippen LogP contribution in [0.1, 0.15) is 22.3 Å². The van der Waals surface area contributed by atoms with Gasteiger partial charge in [0.2, 0.25) is 0 Å². The number of phenols is 2. The highest BCUT2D eigenvalue weighted by molar-refractivity contribution is 7.08. The lowest BCUT2D eigenvalue weighted by molar-refractivity contribution is 0.475. The highest BCUT2D eigenvalue weighted by atomic mass is 32.1. The standard InChI is InChI=1S/C33H22O2S2/c34-27-7-3-25(4-8-27)33(26-5-9-28(35)10-6-26)31-17-21(23-13-15-36-19-23)1-11-29(31)30-12-2-22(18-32(30)33)24-14-16-37-20-24/h1-20,34-35H. The van der Waals surface area contributed by atoms with E-state index in [4.69, 9.17) is 0 Å². The Balaban J connectivity index is 1.61. The summed E-state index contributed by atoms with van der Waals surface area (Å²) in [6.07, 6.45) is 0. The van der Waals surface area contributed by atoms with E-state index in [0.29, 0.717) is 0 Å². The van der Waals surface area contributed by atoms with Crippen LogP contribution in [0, 0.1) is 0 Å². The fourth-order valence-corrected chi connectivity index (χ4v) is 7.08. The van der Waals surface area contributed by atoms with Gasteiger partial charge in [0.05, 0.1) is 5.41 Å². The first-order valence-corrected chi connectivity index (χ1v) is 14.0. The molecule has 6 aromatic rings. The lowest BCUT2D eigenvalue weighted by atomic mass is 9.67. The Kier molecular flexibility index (Phi) is 5.07. The maximum atomic E-state index is 10.2. The molecule has 0 saturated heterocycles. The first-order chi connectivity index (χ1) is 18.1. The molecule has 0 bridgehead atoms. The Morgan fingerprint density at radius 1 is 0.459 bits per heavy atom. The Labute approximate surface area is 223 Å². The minimum atomic E-state index is -0.621. The number of rotatable bonds is 4. The van der Waals surface area contributed by atoms with Crippen LogP contribution in [0.5, 0.6) is 11.5 Å². The number of fused-ring (bicyclic) bond motifs is 3. The monoisotopic (exact) mass is 514 g/mol. The molecule has 0 saturated carbocycles. The van der Waals surface area contributed by atoms with Gasteiger partial charge in [0.1, 0.15) is 11.5 Å². The van der Waals surface area contributed by atoms with Gasteiger partial charge >= 0.3 is 0 Å². The van der Waals surface area contributed by atoms with Gasteiger partial charge in [0.15, 0.2) is 0 Å². The van der Waals surface area contributed by atoms with Crippen LogP contribution in [0.2, 0.25) is 0 Å². The van der Waals surface area contributed by atoms with Crippen molar-refractivity contribution in [2.45, 2.75) is 5.41 Å². The van der Waals surface area contributed by atoms with Crippen LogP contribution >= 0.6 is 22.7 Å². The van der Waals surface area contributed by atoms with Gasteiger partial charge in [0, 0.05) is 0 Å². The molecule has 0 unspecified atom stereocenters. The summed E-state index contributed by atoms with van der Waals surface area (Å²) in [7, 11) is 0. The average Bonchev–Trinajstić information content (AvgIpc) is 3.70. The normalized spacial score (nSPS) is 13.3. The molecule has 1 aliphatic carbocycles. The minimum absolute atomic E-state index is 0.238. The number of aromatic hydroxyl groups is 2. The van der Waals surface area contributed by atoms with Crippen molar-refractivity contribution in [3.63, 3.8) is 0 Å². The van der Waals surface area contributed by atoms with Crippen molar-refractivity contribution in [2.75, 3.05) is 0 Å². The van der Waals surface area contributed by atoms with Crippen molar-refractivity contribution in [2.24, 2.45) is 0 Å². The second-order valence-electron chi connectivity index (χ2n) is 9.39. The number of benzene rings is 4. The summed E-state index contributed by atoms with van der Waals surface area (Å²) >= 11 is 3.39. The third-order valence-corrected chi connectivity index (χ3v) is 8.81. The molecule has 178 valence electrons. The SMILES string of the molecule is Oc1ccc(C2(c3ccc(O)cc3)c3cc(-c4ccsc4)ccc3-c3ccc(-c4ccsc4)cc32)cc1. The van der Waals surface area contributed by atoms with Gasteiger partial charge in [-0.15, -0.1) is 0 Å². The molecule has 2 aromatic heterocycles. The van der Waals surface area contributed by atoms with Crippen molar-refractivity contribution < 1.29 is 10.2 Å². The van der Waals surface area contributed by atoms with Gasteiger partial charge in [-0.3, -0.25) is 0 Å². The van der Waals surface area contributed by atoms with Gasteiger partial charge in [-0.2, -0.15) is 22.7 Å². The van der Waals surface area contributed by atoms with Crippen molar-refractivity contribution in [1.82, 2.24) is 0 Å². The highest BCUT2D eigenvalue weighted by Gasteiger charge is 2.46. The number of hydrogen-bond acceptors (Lipinski definition) is 4. The van der Waals surface area contributed by atoms with Gasteiger partial charge in [-0.1, -0.05) is 48.5 Å². The molecule has 0 amide bonds. The smallest absolute Gasteiger partial charge is 0.115 e. The van der Waals surface area contributed by atoms with E-state index < -0.39 is 5.41 Å². The quantitative estimate of drug-likeness (QED) is 0.246. The molecule has 2 heterocycles. The first kappa shape index (κ1) is 22.1. The number of thiophene rings is 2. The Bertz CT molecular complexity index is 1580. The molecule has 0 atom stereocenters. The highest BCUT2D eigenvalue weighted by Crippen LogP contribution is 2.57. The second kappa shape index (κ2) is 8.48. The molecular formula is C33H22O2S2. The summed E-state index contributed by atoms with van der Waals surface area (Å²) in [5.74, 6) is 0.476. The molecule has 2 nitrogen and oxygen atoms in total. The lowest BCUT2D eigenvalue weighted by Crippen LogP contribution is -2.28. The molecule has 4 aromatic carbocycles. The average molecular weight is 515 g/mol. The summed E-state index contributed by atoms with van der Waals surface area (Å²) in [5, 5.41) is 29.0. The fraction of sp³-hybridized carbons (Fsp3) is 0.0303. The zero-order valence-corrected chi connectivity index (χ0v) is 21.4. The molecule has 7 rings (SSSR count). The molecule has 0 radical (unpaired) electrons. The maximum absolute atomic E-state index is 10.2. The molecule has 1 aliphatic rings. The van der Waals surface area contributed by atoms with E-state index in [-0.39, 0.29) is 11.5 Å².